The quantitative estimate of drug-likeness (QED) is 0.0479. The number of halogens is 1. The van der Waals surface area contributed by atoms with Crippen molar-refractivity contribution in [3.63, 3.8) is 0 Å². The zero-order chi connectivity index (χ0) is 56.8. The van der Waals surface area contributed by atoms with Crippen LogP contribution in [0.15, 0.2) is 90.1 Å². The number of ether oxygens (including phenoxy) is 4. The minimum Gasteiger partial charge on any atom is -0.629 e. The van der Waals surface area contributed by atoms with Gasteiger partial charge in [0.2, 0.25) is 0 Å². The van der Waals surface area contributed by atoms with E-state index in [0.717, 1.165) is 114 Å². The number of nitrogens with zero attached hydrogens (tertiary/aromatic N) is 5. The molecule has 0 bridgehead atoms. The highest BCUT2D eigenvalue weighted by Gasteiger charge is 2.50. The Morgan fingerprint density at radius 3 is 2.41 bits per heavy atom. The summed E-state index contributed by atoms with van der Waals surface area (Å²) >= 11 is 0. The summed E-state index contributed by atoms with van der Waals surface area (Å²) in [5.41, 5.74) is 4.40. The maximum Gasteiger partial charge on any atom is 0.268 e. The second-order valence-electron chi connectivity index (χ2n) is 23.8. The van der Waals surface area contributed by atoms with Crippen LogP contribution in [-0.4, -0.2) is 122 Å². The molecule has 3 aliphatic carbocycles. The molecule has 81 heavy (non-hydrogen) atoms. The molecule has 11 rings (SSSR count). The van der Waals surface area contributed by atoms with Gasteiger partial charge in [-0.3, -0.25) is 14.6 Å². The van der Waals surface area contributed by atoms with Crippen LogP contribution in [0.4, 0.5) is 21.6 Å². The Labute approximate surface area is 473 Å². The van der Waals surface area contributed by atoms with Gasteiger partial charge in [-0.1, -0.05) is 44.2 Å². The minimum atomic E-state index is -4.60. The molecule has 3 aromatic carbocycles. The zero-order valence-electron chi connectivity index (χ0n) is 47.2. The van der Waals surface area contributed by atoms with E-state index >= 15 is 0 Å². The number of anilines is 2. The van der Waals surface area contributed by atoms with Gasteiger partial charge in [-0.25, -0.2) is 22.5 Å². The normalized spacial score (nSPS) is 22.1. The maximum absolute atomic E-state index is 15.0. The number of carbonyl (C=O) groups excluding carboxylic acids is 1. The molecule has 5 aliphatic rings. The van der Waals surface area contributed by atoms with Crippen LogP contribution in [0, 0.1) is 22.4 Å². The summed E-state index contributed by atoms with van der Waals surface area (Å²) in [5.74, 6) is 0.909. The van der Waals surface area contributed by atoms with Gasteiger partial charge in [-0.2, -0.15) is 4.98 Å². The first-order valence-corrected chi connectivity index (χ1v) is 30.1. The molecular formula is C61H76FN9O9S. The number of nitrogens with one attached hydrogen (secondary N) is 4. The van der Waals surface area contributed by atoms with E-state index in [1.54, 1.807) is 19.2 Å². The van der Waals surface area contributed by atoms with E-state index < -0.39 is 32.4 Å². The third kappa shape index (κ3) is 12.3. The maximum atomic E-state index is 15.0. The van der Waals surface area contributed by atoms with Crippen molar-refractivity contribution in [3.8, 4) is 28.9 Å². The molecule has 1 unspecified atom stereocenters. The van der Waals surface area contributed by atoms with Crippen LogP contribution in [0.25, 0.3) is 11.0 Å². The number of benzene rings is 3. The number of rotatable bonds is 19. The van der Waals surface area contributed by atoms with E-state index in [4.69, 9.17) is 18.9 Å². The van der Waals surface area contributed by atoms with Gasteiger partial charge in [0.25, 0.3) is 21.8 Å². The number of hydrogen-bond donors (Lipinski definition) is 5. The number of piperazine rings is 1. The Morgan fingerprint density at radius 2 is 1.69 bits per heavy atom. The molecular weight excluding hydrogens is 1050 g/mol. The van der Waals surface area contributed by atoms with Gasteiger partial charge in [0.1, 0.15) is 22.1 Å². The standard InChI is InChI=1S/C61H76FN9O9S/c1-38(2)45-9-7-8-10-46(45)51-37-69(36-40-11-16-52(54(27-40)77-5)79-43-13-14-43)25-26-71(51)42-31-61(32-42)21-23-70(24-22-61)41-12-15-47(53(28-41)80-55-30-48-49(62)35-65-56(48)66-59(55)78-6)58(72)67-81(75,76)44-29-50(68(4)74)57(64-34-44)63-33-39-17-19-60(3,73)20-18-39/h7-12,15-16,27-30,34-35,38-39,42-43,51,68,73H,13-14,17-26,31-33,36-37H2,1-6H3,(H,63,64)(H,65,66)(H,67,72)/t39-,51-,60-/m0/s1. The second-order valence-corrected chi connectivity index (χ2v) is 25.5. The summed E-state index contributed by atoms with van der Waals surface area (Å²) in [7, 11) is -0.169. The van der Waals surface area contributed by atoms with Crippen molar-refractivity contribution in [1.29, 1.82) is 0 Å². The highest BCUT2D eigenvalue weighted by atomic mass is 32.2. The summed E-state index contributed by atoms with van der Waals surface area (Å²) in [6.07, 6.45) is 11.8. The lowest BCUT2D eigenvalue weighted by atomic mass is 9.59. The number of amides is 1. The number of methoxy groups -OCH3 is 2. The van der Waals surface area contributed by atoms with Crippen molar-refractivity contribution in [1.82, 2.24) is 29.5 Å². The Bertz CT molecular complexity index is 3360. The summed E-state index contributed by atoms with van der Waals surface area (Å²) in [6.45, 7) is 12.0. The Hall–Kier alpha value is -6.55. The molecule has 20 heteroatoms. The molecule has 1 spiro atoms. The molecule has 2 saturated heterocycles. The first kappa shape index (κ1) is 56.3. The largest absolute Gasteiger partial charge is 0.629 e. The van der Waals surface area contributed by atoms with Crippen molar-refractivity contribution in [3.05, 3.63) is 118 Å². The van der Waals surface area contributed by atoms with Crippen LogP contribution in [0.3, 0.4) is 0 Å². The first-order valence-electron chi connectivity index (χ1n) is 28.6. The van der Waals surface area contributed by atoms with Crippen LogP contribution in [0.1, 0.15) is 124 Å². The highest BCUT2D eigenvalue weighted by Crippen LogP contribution is 2.54. The molecule has 1 amide bonds. The molecule has 3 aromatic heterocycles. The second kappa shape index (κ2) is 23.0. The lowest BCUT2D eigenvalue weighted by molar-refractivity contribution is -0.751. The van der Waals surface area contributed by atoms with Gasteiger partial charge in [0.05, 0.1) is 50.1 Å². The van der Waals surface area contributed by atoms with E-state index in [9.17, 15) is 27.9 Å². The number of hydrogen-bond acceptors (Lipinski definition) is 15. The topological polar surface area (TPSA) is 211 Å². The molecule has 18 nitrogen and oxygen atoms in total. The predicted octanol–water partition coefficient (Wildman–Crippen LogP) is 9.00. The van der Waals surface area contributed by atoms with E-state index in [1.807, 2.05) is 6.92 Å². The molecule has 432 valence electrons. The average Bonchev–Trinajstić information content (AvgIpc) is 4.20. The number of piperidine rings is 1. The zero-order valence-corrected chi connectivity index (χ0v) is 48.0. The third-order valence-corrected chi connectivity index (χ3v) is 18.9. The number of aromatic nitrogens is 3. The van der Waals surface area contributed by atoms with Crippen LogP contribution in [0.2, 0.25) is 0 Å². The number of aromatic amines is 1. The van der Waals surface area contributed by atoms with E-state index in [1.165, 1.54) is 55.2 Å². The van der Waals surface area contributed by atoms with Gasteiger partial charge >= 0.3 is 0 Å². The lowest BCUT2D eigenvalue weighted by Gasteiger charge is -2.58. The van der Waals surface area contributed by atoms with Crippen LogP contribution < -0.4 is 38.9 Å². The van der Waals surface area contributed by atoms with Crippen LogP contribution in [-0.2, 0) is 16.6 Å². The van der Waals surface area contributed by atoms with Gasteiger partial charge in [0, 0.05) is 88.0 Å². The molecule has 5 heterocycles. The number of sulfonamides is 1. The Kier molecular flexibility index (Phi) is 16.0. The van der Waals surface area contributed by atoms with Crippen molar-refractivity contribution in [2.45, 2.75) is 126 Å². The fraction of sp³-hybridized carbons (Fsp3) is 0.492. The summed E-state index contributed by atoms with van der Waals surface area (Å²) < 4.78 is 69.1. The summed E-state index contributed by atoms with van der Waals surface area (Å²) in [4.78, 5) is 33.1. The highest BCUT2D eigenvalue weighted by molar-refractivity contribution is 7.90. The SMILES string of the molecule is COc1cc(CN2CCN(C3CC4(CCN(c5ccc(C(=O)NS(=O)(=O)c6cnc(NC[C@H]7CC[C@](C)(O)CC7)c([NH+](C)[O-])c6)c(Oc6cc7c(F)c[nH]c7nc6OC)c5)CC4)C3)[C@H](c3ccccc3C(C)C)C2)ccc1OC1CC1. The van der Waals surface area contributed by atoms with Crippen molar-refractivity contribution < 1.29 is 46.7 Å². The van der Waals surface area contributed by atoms with Gasteiger partial charge < -0.3 is 49.5 Å². The molecule has 5 N–H and O–H groups in total. The van der Waals surface area contributed by atoms with Gasteiger partial charge in [-0.15, -0.1) is 0 Å². The Balaban J connectivity index is 0.794. The minimum absolute atomic E-state index is 0.00322. The number of fused-ring (bicyclic) bond motifs is 1. The van der Waals surface area contributed by atoms with E-state index in [2.05, 4.69) is 96.0 Å². The monoisotopic (exact) mass is 1130 g/mol. The molecule has 2 aliphatic heterocycles. The number of hydroxylamine groups is 1. The lowest BCUT2D eigenvalue weighted by Crippen LogP contribution is -2.98. The fourth-order valence-corrected chi connectivity index (χ4v) is 13.6. The van der Waals surface area contributed by atoms with Crippen LogP contribution >= 0.6 is 0 Å². The average molecular weight is 1130 g/mol. The summed E-state index contributed by atoms with van der Waals surface area (Å²) in [5, 5.41) is 26.2. The fourth-order valence-electron chi connectivity index (χ4n) is 12.7. The first-order chi connectivity index (χ1) is 38.9. The Morgan fingerprint density at radius 1 is 0.926 bits per heavy atom. The summed E-state index contributed by atoms with van der Waals surface area (Å²) in [6, 6.07) is 23.6. The number of quaternary nitrogens is 1. The number of pyridine rings is 2. The van der Waals surface area contributed by atoms with Crippen LogP contribution in [0.5, 0.6) is 28.9 Å². The van der Waals surface area contributed by atoms with Crippen molar-refractivity contribution >= 4 is 44.2 Å². The molecule has 5 fully saturated rings. The number of H-pyrrole nitrogens is 1. The van der Waals surface area contributed by atoms with E-state index in [-0.39, 0.29) is 67.8 Å². The number of aliphatic hydroxyl groups is 1. The van der Waals surface area contributed by atoms with Gasteiger partial charge in [0.15, 0.2) is 28.8 Å². The van der Waals surface area contributed by atoms with Crippen molar-refractivity contribution in [2.75, 3.05) is 70.8 Å². The number of carbonyl (C=O) groups is 1. The van der Waals surface area contributed by atoms with Gasteiger partial charge in [-0.05, 0) is 129 Å². The predicted molar refractivity (Wildman–Crippen MR) is 308 cm³/mol. The smallest absolute Gasteiger partial charge is 0.268 e. The molecule has 3 saturated carbocycles. The third-order valence-electron chi connectivity index (χ3n) is 17.6. The molecule has 0 radical (unpaired) electrons. The molecule has 6 aromatic rings. The van der Waals surface area contributed by atoms with Crippen molar-refractivity contribution in [2.24, 2.45) is 11.3 Å². The molecule has 2 atom stereocenters. The van der Waals surface area contributed by atoms with E-state index in [0.29, 0.717) is 37.5 Å².